The number of benzene rings is 6. The lowest BCUT2D eigenvalue weighted by Crippen LogP contribution is -1.97. The number of nitrogens with zero attached hydrogens (tertiary/aromatic N) is 5. The molecule has 0 N–H and O–H groups in total. The molecule has 0 amide bonds. The first-order valence-corrected chi connectivity index (χ1v) is 14.2. The Labute approximate surface area is 252 Å². The van der Waals surface area contributed by atoms with Crippen molar-refractivity contribution in [2.75, 3.05) is 0 Å². The molecule has 2 heterocycles. The Kier molecular flexibility index (Phi) is 5.56. The van der Waals surface area contributed by atoms with Crippen molar-refractivity contribution in [1.82, 2.24) is 9.13 Å². The van der Waals surface area contributed by atoms with Crippen molar-refractivity contribution >= 4 is 43.6 Å². The lowest BCUT2D eigenvalue weighted by Gasteiger charge is -2.13. The van der Waals surface area contributed by atoms with Gasteiger partial charge in [0.1, 0.15) is 0 Å². The van der Waals surface area contributed by atoms with Crippen molar-refractivity contribution in [2.45, 2.75) is 0 Å². The molecule has 0 fully saturated rings. The first-order valence-electron chi connectivity index (χ1n) is 14.2. The van der Waals surface area contributed by atoms with Gasteiger partial charge in [0, 0.05) is 32.9 Å². The Hall–Kier alpha value is -6.61. The van der Waals surface area contributed by atoms with E-state index in [2.05, 4.69) is 88.0 Å². The van der Waals surface area contributed by atoms with Crippen LogP contribution in [-0.4, -0.2) is 9.13 Å². The van der Waals surface area contributed by atoms with E-state index in [9.17, 15) is 15.8 Å². The molecule has 202 valence electrons. The quantitative estimate of drug-likeness (QED) is 0.216. The van der Waals surface area contributed by atoms with Crippen LogP contribution in [0.3, 0.4) is 0 Å². The molecular formula is C39H21N5. The van der Waals surface area contributed by atoms with Crippen LogP contribution in [0.2, 0.25) is 0 Å². The minimum Gasteiger partial charge on any atom is -0.309 e. The normalized spacial score (nSPS) is 11.1. The summed E-state index contributed by atoms with van der Waals surface area (Å²) in [7, 11) is 0. The van der Waals surface area contributed by atoms with Crippen LogP contribution in [0.5, 0.6) is 0 Å². The molecule has 5 heteroatoms. The van der Waals surface area contributed by atoms with E-state index in [1.807, 2.05) is 66.7 Å². The standard InChI is InChI=1S/C39H21N5/c40-22-25-12-14-38-34(18-25)35-19-26(23-41)13-15-39(35)43(38)30-7-5-6-28(20-30)29-16-27(24-42)17-31(21-29)44-36-10-3-1-8-32(36)33-9-2-4-11-37(33)44/h1-21H. The van der Waals surface area contributed by atoms with Gasteiger partial charge >= 0.3 is 0 Å². The van der Waals surface area contributed by atoms with Crippen molar-refractivity contribution < 1.29 is 0 Å². The molecule has 8 rings (SSSR count). The average molecular weight is 560 g/mol. The fourth-order valence-corrected chi connectivity index (χ4v) is 6.44. The molecule has 0 radical (unpaired) electrons. The van der Waals surface area contributed by atoms with Gasteiger partial charge in [0.25, 0.3) is 0 Å². The van der Waals surface area contributed by atoms with E-state index in [1.165, 1.54) is 10.8 Å². The van der Waals surface area contributed by atoms with Crippen molar-refractivity contribution in [1.29, 1.82) is 15.8 Å². The number of nitriles is 3. The highest BCUT2D eigenvalue weighted by Crippen LogP contribution is 2.36. The molecule has 0 aliphatic carbocycles. The summed E-state index contributed by atoms with van der Waals surface area (Å²) in [5.41, 5.74) is 9.55. The number of para-hydroxylation sites is 2. The first kappa shape index (κ1) is 25.1. The maximum Gasteiger partial charge on any atom is 0.0992 e. The van der Waals surface area contributed by atoms with Crippen LogP contribution < -0.4 is 0 Å². The highest BCUT2D eigenvalue weighted by atomic mass is 15.0. The Morgan fingerprint density at radius 2 is 0.886 bits per heavy atom. The fraction of sp³-hybridized carbons (Fsp3) is 0. The number of fused-ring (bicyclic) bond motifs is 6. The topological polar surface area (TPSA) is 81.2 Å². The van der Waals surface area contributed by atoms with Crippen LogP contribution in [0.25, 0.3) is 66.1 Å². The summed E-state index contributed by atoms with van der Waals surface area (Å²) in [5.74, 6) is 0. The molecular weight excluding hydrogens is 538 g/mol. The monoisotopic (exact) mass is 559 g/mol. The van der Waals surface area contributed by atoms with Gasteiger partial charge in [-0.15, -0.1) is 0 Å². The predicted octanol–water partition coefficient (Wildman–Crippen LogP) is 9.16. The first-order chi connectivity index (χ1) is 21.7. The van der Waals surface area contributed by atoms with Gasteiger partial charge in [-0.3, -0.25) is 0 Å². The van der Waals surface area contributed by atoms with Crippen molar-refractivity contribution in [3.8, 4) is 40.7 Å². The fourth-order valence-electron chi connectivity index (χ4n) is 6.44. The van der Waals surface area contributed by atoms with E-state index in [-0.39, 0.29) is 0 Å². The maximum absolute atomic E-state index is 10.1. The van der Waals surface area contributed by atoms with Crippen molar-refractivity contribution in [2.24, 2.45) is 0 Å². The SMILES string of the molecule is N#Cc1cc(-c2cccc(-n3c4ccc(C#N)cc4c4cc(C#N)ccc43)c2)cc(-n2c3ccccc3c3ccccc32)c1. The van der Waals surface area contributed by atoms with E-state index >= 15 is 0 Å². The molecule has 0 atom stereocenters. The largest absolute Gasteiger partial charge is 0.309 e. The summed E-state index contributed by atoms with van der Waals surface area (Å²) in [4.78, 5) is 0. The summed E-state index contributed by atoms with van der Waals surface area (Å²) in [6, 6.07) is 49.2. The zero-order valence-electron chi connectivity index (χ0n) is 23.4. The molecule has 5 nitrogen and oxygen atoms in total. The van der Waals surface area contributed by atoms with Gasteiger partial charge in [-0.05, 0) is 90.0 Å². The van der Waals surface area contributed by atoms with Crippen LogP contribution in [0.4, 0.5) is 0 Å². The van der Waals surface area contributed by atoms with Crippen LogP contribution in [0, 0.1) is 34.0 Å². The summed E-state index contributed by atoms with van der Waals surface area (Å²) in [6.07, 6.45) is 0. The summed E-state index contributed by atoms with van der Waals surface area (Å²) < 4.78 is 4.39. The third-order valence-corrected chi connectivity index (χ3v) is 8.35. The molecule has 0 spiro atoms. The summed E-state index contributed by atoms with van der Waals surface area (Å²) >= 11 is 0. The smallest absolute Gasteiger partial charge is 0.0992 e. The zero-order valence-corrected chi connectivity index (χ0v) is 23.4. The summed E-state index contributed by atoms with van der Waals surface area (Å²) in [5, 5.41) is 33.4. The molecule has 2 aromatic heterocycles. The highest BCUT2D eigenvalue weighted by molar-refractivity contribution is 6.11. The predicted molar refractivity (Wildman–Crippen MR) is 175 cm³/mol. The zero-order chi connectivity index (χ0) is 29.8. The minimum absolute atomic E-state index is 0.568. The summed E-state index contributed by atoms with van der Waals surface area (Å²) in [6.45, 7) is 0. The Morgan fingerprint density at radius 3 is 1.48 bits per heavy atom. The Bertz CT molecular complexity index is 2470. The molecule has 0 aliphatic heterocycles. The second-order valence-corrected chi connectivity index (χ2v) is 10.8. The van der Waals surface area contributed by atoms with Gasteiger partial charge in [-0.2, -0.15) is 15.8 Å². The molecule has 0 saturated carbocycles. The van der Waals surface area contributed by atoms with Crippen LogP contribution in [0.15, 0.2) is 127 Å². The number of hydrogen-bond donors (Lipinski definition) is 0. The third kappa shape index (κ3) is 3.77. The van der Waals surface area contributed by atoms with E-state index < -0.39 is 0 Å². The second kappa shape index (κ2) is 9.74. The van der Waals surface area contributed by atoms with Crippen molar-refractivity contribution in [3.63, 3.8) is 0 Å². The molecule has 44 heavy (non-hydrogen) atoms. The maximum atomic E-state index is 10.1. The average Bonchev–Trinajstić information content (AvgIpc) is 3.60. The number of rotatable bonds is 3. The van der Waals surface area contributed by atoms with Gasteiger partial charge in [0.2, 0.25) is 0 Å². The van der Waals surface area contributed by atoms with E-state index in [0.29, 0.717) is 16.7 Å². The highest BCUT2D eigenvalue weighted by Gasteiger charge is 2.16. The van der Waals surface area contributed by atoms with Crippen molar-refractivity contribution in [3.05, 3.63) is 144 Å². The van der Waals surface area contributed by atoms with Gasteiger partial charge in [0.15, 0.2) is 0 Å². The van der Waals surface area contributed by atoms with Gasteiger partial charge in [-0.25, -0.2) is 0 Å². The van der Waals surface area contributed by atoms with Gasteiger partial charge < -0.3 is 9.13 Å². The van der Waals surface area contributed by atoms with E-state index in [1.54, 1.807) is 0 Å². The lowest BCUT2D eigenvalue weighted by molar-refractivity contribution is 1.17. The van der Waals surface area contributed by atoms with E-state index in [4.69, 9.17) is 0 Å². The molecule has 6 aromatic carbocycles. The van der Waals surface area contributed by atoms with Crippen LogP contribution in [0.1, 0.15) is 16.7 Å². The molecule has 0 bridgehead atoms. The molecule has 0 aliphatic rings. The lowest BCUT2D eigenvalue weighted by atomic mass is 10.0. The van der Waals surface area contributed by atoms with E-state index in [0.717, 1.165) is 55.3 Å². The Balaban J connectivity index is 1.35. The third-order valence-electron chi connectivity index (χ3n) is 8.35. The minimum atomic E-state index is 0.568. The van der Waals surface area contributed by atoms with Crippen LogP contribution >= 0.6 is 0 Å². The molecule has 0 unspecified atom stereocenters. The molecule has 8 aromatic rings. The number of aromatic nitrogens is 2. The van der Waals surface area contributed by atoms with Gasteiger partial charge in [0.05, 0.1) is 57.0 Å². The van der Waals surface area contributed by atoms with Crippen LogP contribution in [-0.2, 0) is 0 Å². The van der Waals surface area contributed by atoms with Gasteiger partial charge in [-0.1, -0.05) is 48.5 Å². The molecule has 0 saturated heterocycles. The Morgan fingerprint density at radius 1 is 0.364 bits per heavy atom. The number of hydrogen-bond acceptors (Lipinski definition) is 3. The second-order valence-electron chi connectivity index (χ2n) is 10.8.